The highest BCUT2D eigenvalue weighted by Crippen LogP contribution is 2.33. The van der Waals surface area contributed by atoms with Crippen molar-refractivity contribution in [1.29, 1.82) is 0 Å². The molecule has 27 heavy (non-hydrogen) atoms. The molecule has 0 amide bonds. The summed E-state index contributed by atoms with van der Waals surface area (Å²) in [5, 5.41) is 3.54. The van der Waals surface area contributed by atoms with Crippen molar-refractivity contribution in [2.75, 3.05) is 13.2 Å². The van der Waals surface area contributed by atoms with Crippen molar-refractivity contribution in [3.05, 3.63) is 34.9 Å². The van der Waals surface area contributed by atoms with E-state index in [0.717, 1.165) is 38.2 Å². The maximum absolute atomic E-state index is 13.4. The monoisotopic (exact) mass is 377 g/mol. The first-order chi connectivity index (χ1) is 13.0. The van der Waals surface area contributed by atoms with Crippen molar-refractivity contribution in [2.45, 2.75) is 44.4 Å². The standard InChI is InChI=1S/C20H22F3N3O/c21-20(22,23)18-9-8-15(7-6-14-4-5-14)11-17(18)19(26-24)13-25-12-16-3-1-2-10-27-16/h8-9,11,13-14,16H,1-5,10,12,24H2/b25-13?,26-19+. The molecule has 0 bridgehead atoms. The maximum atomic E-state index is 13.4. The highest BCUT2D eigenvalue weighted by molar-refractivity contribution is 6.38. The van der Waals surface area contributed by atoms with E-state index in [2.05, 4.69) is 21.9 Å². The Morgan fingerprint density at radius 1 is 1.26 bits per heavy atom. The molecule has 2 N–H and O–H groups in total. The van der Waals surface area contributed by atoms with Crippen LogP contribution in [0.5, 0.6) is 0 Å². The molecule has 1 atom stereocenters. The Balaban J connectivity index is 1.83. The second-order valence-corrected chi connectivity index (χ2v) is 6.80. The quantitative estimate of drug-likeness (QED) is 0.376. The van der Waals surface area contributed by atoms with Crippen LogP contribution in [0.1, 0.15) is 48.8 Å². The number of aliphatic imine (C=N–C) groups is 1. The van der Waals surface area contributed by atoms with Crippen molar-refractivity contribution < 1.29 is 17.9 Å². The maximum Gasteiger partial charge on any atom is 0.417 e. The van der Waals surface area contributed by atoms with Crippen LogP contribution in [0, 0.1) is 17.8 Å². The fourth-order valence-electron chi connectivity index (χ4n) is 2.87. The first-order valence-electron chi connectivity index (χ1n) is 9.10. The van der Waals surface area contributed by atoms with Gasteiger partial charge in [-0.3, -0.25) is 4.99 Å². The minimum absolute atomic E-state index is 0.00754. The average molecular weight is 377 g/mol. The lowest BCUT2D eigenvalue weighted by Crippen LogP contribution is -2.22. The van der Waals surface area contributed by atoms with E-state index in [1.165, 1.54) is 18.3 Å². The third-order valence-electron chi connectivity index (χ3n) is 4.53. The molecule has 3 rings (SSSR count). The number of hydrazone groups is 1. The van der Waals surface area contributed by atoms with Crippen molar-refractivity contribution in [1.82, 2.24) is 0 Å². The number of halogens is 3. The number of alkyl halides is 3. The number of hydrogen-bond acceptors (Lipinski definition) is 4. The molecule has 2 aliphatic rings. The van der Waals surface area contributed by atoms with Crippen LogP contribution in [-0.4, -0.2) is 31.2 Å². The highest BCUT2D eigenvalue weighted by Gasteiger charge is 2.34. The Morgan fingerprint density at radius 2 is 2.07 bits per heavy atom. The van der Waals surface area contributed by atoms with Gasteiger partial charge in [-0.05, 0) is 50.3 Å². The minimum Gasteiger partial charge on any atom is -0.376 e. The fraction of sp³-hybridized carbons (Fsp3) is 0.500. The molecule has 1 aromatic rings. The topological polar surface area (TPSA) is 60.0 Å². The molecule has 0 aromatic heterocycles. The van der Waals surface area contributed by atoms with Gasteiger partial charge in [-0.15, -0.1) is 0 Å². The molecule has 1 unspecified atom stereocenters. The second kappa shape index (κ2) is 8.57. The summed E-state index contributed by atoms with van der Waals surface area (Å²) < 4.78 is 45.8. The van der Waals surface area contributed by atoms with Crippen LogP contribution in [0.15, 0.2) is 28.3 Å². The molecular formula is C20H22F3N3O. The number of benzene rings is 1. The summed E-state index contributed by atoms with van der Waals surface area (Å²) in [6.45, 7) is 1.07. The molecule has 0 radical (unpaired) electrons. The summed E-state index contributed by atoms with van der Waals surface area (Å²) in [4.78, 5) is 4.22. The van der Waals surface area contributed by atoms with Crippen LogP contribution in [0.25, 0.3) is 0 Å². The molecule has 1 saturated carbocycles. The Hall–Kier alpha value is -2.33. The molecule has 0 spiro atoms. The van der Waals surface area contributed by atoms with Crippen molar-refractivity contribution in [3.8, 4) is 11.8 Å². The van der Waals surface area contributed by atoms with Crippen LogP contribution in [0.4, 0.5) is 13.2 Å². The molecular weight excluding hydrogens is 355 g/mol. The zero-order valence-electron chi connectivity index (χ0n) is 14.9. The van der Waals surface area contributed by atoms with Gasteiger partial charge >= 0.3 is 6.18 Å². The van der Waals surface area contributed by atoms with Gasteiger partial charge in [-0.25, -0.2) is 0 Å². The van der Waals surface area contributed by atoms with Crippen molar-refractivity contribution in [3.63, 3.8) is 0 Å². The molecule has 1 aliphatic carbocycles. The van der Waals surface area contributed by atoms with E-state index in [-0.39, 0.29) is 17.4 Å². The molecule has 4 nitrogen and oxygen atoms in total. The Morgan fingerprint density at radius 3 is 2.70 bits per heavy atom. The van der Waals surface area contributed by atoms with Crippen LogP contribution >= 0.6 is 0 Å². The summed E-state index contributed by atoms with van der Waals surface area (Å²) in [6, 6.07) is 3.78. The van der Waals surface area contributed by atoms with Gasteiger partial charge in [0.05, 0.1) is 18.2 Å². The smallest absolute Gasteiger partial charge is 0.376 e. The number of nitrogens with two attached hydrogens (primary N) is 1. The zero-order valence-corrected chi connectivity index (χ0v) is 14.9. The Kier molecular flexibility index (Phi) is 6.17. The first-order valence-corrected chi connectivity index (χ1v) is 9.10. The van der Waals surface area contributed by atoms with Crippen molar-refractivity contribution in [2.24, 2.45) is 21.9 Å². The van der Waals surface area contributed by atoms with E-state index in [4.69, 9.17) is 10.6 Å². The van der Waals surface area contributed by atoms with E-state index in [1.807, 2.05) is 0 Å². The average Bonchev–Trinajstić information content (AvgIpc) is 3.48. The summed E-state index contributed by atoms with van der Waals surface area (Å²) >= 11 is 0. The lowest BCUT2D eigenvalue weighted by Gasteiger charge is -2.20. The van der Waals surface area contributed by atoms with E-state index in [1.54, 1.807) is 0 Å². The largest absolute Gasteiger partial charge is 0.417 e. The van der Waals surface area contributed by atoms with Crippen LogP contribution < -0.4 is 5.84 Å². The number of hydrogen-bond donors (Lipinski definition) is 1. The van der Waals surface area contributed by atoms with Gasteiger partial charge in [0.15, 0.2) is 0 Å². The number of nitrogens with zero attached hydrogens (tertiary/aromatic N) is 2. The summed E-state index contributed by atoms with van der Waals surface area (Å²) in [5.41, 5.74) is -0.423. The van der Waals surface area contributed by atoms with Gasteiger partial charge in [-0.2, -0.15) is 18.3 Å². The minimum atomic E-state index is -4.52. The van der Waals surface area contributed by atoms with E-state index < -0.39 is 11.7 Å². The van der Waals surface area contributed by atoms with E-state index in [9.17, 15) is 13.2 Å². The van der Waals surface area contributed by atoms with E-state index in [0.29, 0.717) is 24.6 Å². The summed E-state index contributed by atoms with van der Waals surface area (Å²) in [5.74, 6) is 11.7. The predicted octanol–water partition coefficient (Wildman–Crippen LogP) is 3.77. The Bertz CT molecular complexity index is 780. The molecule has 1 saturated heterocycles. The van der Waals surface area contributed by atoms with Gasteiger partial charge in [0.1, 0.15) is 5.71 Å². The van der Waals surface area contributed by atoms with Gasteiger partial charge in [0.25, 0.3) is 0 Å². The van der Waals surface area contributed by atoms with Crippen LogP contribution in [0.2, 0.25) is 0 Å². The zero-order chi connectivity index (χ0) is 19.3. The number of ether oxygens (including phenoxy) is 1. The van der Waals surface area contributed by atoms with Crippen molar-refractivity contribution >= 4 is 11.9 Å². The normalized spacial score (nSPS) is 21.1. The van der Waals surface area contributed by atoms with Gasteiger partial charge in [-0.1, -0.05) is 11.8 Å². The fourth-order valence-corrected chi connectivity index (χ4v) is 2.87. The highest BCUT2D eigenvalue weighted by atomic mass is 19.4. The molecule has 144 valence electrons. The molecule has 1 aliphatic heterocycles. The van der Waals surface area contributed by atoms with Gasteiger partial charge < -0.3 is 10.6 Å². The molecule has 1 heterocycles. The molecule has 1 aromatic carbocycles. The second-order valence-electron chi connectivity index (χ2n) is 6.80. The SMILES string of the molecule is N/N=C(\C=NCC1CCCCO1)c1cc(C#CC2CC2)ccc1C(F)(F)F. The first kappa shape index (κ1) is 19.4. The van der Waals surface area contributed by atoms with E-state index >= 15 is 0 Å². The predicted molar refractivity (Wildman–Crippen MR) is 98.7 cm³/mol. The van der Waals surface area contributed by atoms with Crippen LogP contribution in [-0.2, 0) is 10.9 Å². The summed E-state index contributed by atoms with van der Waals surface area (Å²) in [7, 11) is 0. The van der Waals surface area contributed by atoms with Crippen LogP contribution in [0.3, 0.4) is 0 Å². The number of rotatable bonds is 4. The summed E-state index contributed by atoms with van der Waals surface area (Å²) in [6.07, 6.45) is 1.85. The third-order valence-corrected chi connectivity index (χ3v) is 4.53. The lowest BCUT2D eigenvalue weighted by atomic mass is 9.99. The van der Waals surface area contributed by atoms with Gasteiger partial charge in [0.2, 0.25) is 0 Å². The Labute approximate surface area is 156 Å². The van der Waals surface area contributed by atoms with Gasteiger partial charge in [0, 0.05) is 29.9 Å². The lowest BCUT2D eigenvalue weighted by molar-refractivity contribution is -0.137. The molecule has 7 heteroatoms. The third kappa shape index (κ3) is 5.57. The molecule has 2 fully saturated rings.